The smallest absolute Gasteiger partial charge is 0.253 e. The normalized spacial score (nSPS) is 12.2. The SMILES string of the molecule is CCN(CC(C)(C)O)C(=O)c1ccc(S(C)(=O)=O)cc1. The minimum absolute atomic E-state index is 0.180. The summed E-state index contributed by atoms with van der Waals surface area (Å²) in [6.07, 6.45) is 1.12. The summed E-state index contributed by atoms with van der Waals surface area (Å²) in [5.74, 6) is -0.227. The third kappa shape index (κ3) is 4.61. The number of sulfone groups is 1. The van der Waals surface area contributed by atoms with Crippen molar-refractivity contribution in [3.05, 3.63) is 29.8 Å². The number of hydrogen-bond acceptors (Lipinski definition) is 4. The maximum absolute atomic E-state index is 12.3. The second-order valence-corrected chi connectivity index (χ2v) is 7.44. The van der Waals surface area contributed by atoms with E-state index in [1.165, 1.54) is 29.2 Å². The van der Waals surface area contributed by atoms with Gasteiger partial charge in [0.2, 0.25) is 0 Å². The van der Waals surface area contributed by atoms with E-state index in [-0.39, 0.29) is 17.3 Å². The Morgan fingerprint density at radius 3 is 2.10 bits per heavy atom. The summed E-state index contributed by atoms with van der Waals surface area (Å²) in [4.78, 5) is 14.0. The monoisotopic (exact) mass is 299 g/mol. The van der Waals surface area contributed by atoms with Gasteiger partial charge in [-0.3, -0.25) is 4.79 Å². The molecule has 1 aromatic rings. The standard InChI is InChI=1S/C14H21NO4S/c1-5-15(10-14(2,3)17)13(16)11-6-8-12(9-7-11)20(4,18)19/h6-9,17H,5,10H2,1-4H3. The predicted molar refractivity (Wildman–Crippen MR) is 77.4 cm³/mol. The molecule has 0 heterocycles. The van der Waals surface area contributed by atoms with Crippen molar-refractivity contribution in [2.24, 2.45) is 0 Å². The highest BCUT2D eigenvalue weighted by molar-refractivity contribution is 7.90. The number of benzene rings is 1. The Hall–Kier alpha value is -1.40. The number of aliphatic hydroxyl groups is 1. The van der Waals surface area contributed by atoms with Crippen LogP contribution in [0.5, 0.6) is 0 Å². The number of likely N-dealkylation sites (N-methyl/N-ethyl adjacent to an activating group) is 1. The Bertz CT molecular complexity index is 570. The molecule has 1 aromatic carbocycles. The first kappa shape index (κ1) is 16.7. The minimum Gasteiger partial charge on any atom is -0.389 e. The van der Waals surface area contributed by atoms with Crippen LogP contribution in [0.2, 0.25) is 0 Å². The zero-order chi connectivity index (χ0) is 15.6. The van der Waals surface area contributed by atoms with Gasteiger partial charge in [0.15, 0.2) is 9.84 Å². The highest BCUT2D eigenvalue weighted by atomic mass is 32.2. The summed E-state index contributed by atoms with van der Waals surface area (Å²) < 4.78 is 22.7. The van der Waals surface area contributed by atoms with E-state index >= 15 is 0 Å². The van der Waals surface area contributed by atoms with Gasteiger partial charge in [-0.1, -0.05) is 0 Å². The molecule has 0 aliphatic rings. The second kappa shape index (κ2) is 5.93. The largest absolute Gasteiger partial charge is 0.389 e. The number of amides is 1. The molecule has 6 heteroatoms. The third-order valence-electron chi connectivity index (χ3n) is 2.78. The number of hydrogen-bond donors (Lipinski definition) is 1. The predicted octanol–water partition coefficient (Wildman–Crippen LogP) is 1.32. The van der Waals surface area contributed by atoms with Crippen LogP contribution in [0.3, 0.4) is 0 Å². The molecule has 0 spiro atoms. The minimum atomic E-state index is -3.26. The van der Waals surface area contributed by atoms with Crippen LogP contribution < -0.4 is 0 Å². The van der Waals surface area contributed by atoms with E-state index in [2.05, 4.69) is 0 Å². The van der Waals surface area contributed by atoms with Crippen LogP contribution in [0, 0.1) is 0 Å². The van der Waals surface area contributed by atoms with E-state index in [1.807, 2.05) is 6.92 Å². The lowest BCUT2D eigenvalue weighted by molar-refractivity contribution is 0.0314. The Kier molecular flexibility index (Phi) is 4.94. The summed E-state index contributed by atoms with van der Waals surface area (Å²) in [5.41, 5.74) is -0.568. The average Bonchev–Trinajstić information content (AvgIpc) is 2.33. The Labute approximate surface area is 120 Å². The highest BCUT2D eigenvalue weighted by Crippen LogP contribution is 2.14. The van der Waals surface area contributed by atoms with Crippen LogP contribution in [0.15, 0.2) is 29.2 Å². The first-order chi connectivity index (χ1) is 9.04. The molecule has 0 saturated carbocycles. The molecule has 5 nitrogen and oxygen atoms in total. The van der Waals surface area contributed by atoms with Crippen molar-refractivity contribution in [2.45, 2.75) is 31.3 Å². The number of rotatable bonds is 5. The van der Waals surface area contributed by atoms with Crippen molar-refractivity contribution >= 4 is 15.7 Å². The number of carbonyl (C=O) groups is 1. The first-order valence-corrected chi connectivity index (χ1v) is 8.25. The summed E-state index contributed by atoms with van der Waals surface area (Å²) in [7, 11) is -3.26. The molecule has 0 saturated heterocycles. The quantitative estimate of drug-likeness (QED) is 0.890. The third-order valence-corrected chi connectivity index (χ3v) is 3.90. The maximum Gasteiger partial charge on any atom is 0.253 e. The fourth-order valence-corrected chi connectivity index (χ4v) is 2.45. The molecule has 1 rings (SSSR count). The van der Waals surface area contributed by atoms with Gasteiger partial charge in [-0.15, -0.1) is 0 Å². The molecule has 1 N–H and O–H groups in total. The van der Waals surface area contributed by atoms with E-state index < -0.39 is 15.4 Å². The molecule has 0 bridgehead atoms. The van der Waals surface area contributed by atoms with Crippen molar-refractivity contribution in [3.8, 4) is 0 Å². The summed E-state index contributed by atoms with van der Waals surface area (Å²) in [6.45, 7) is 5.78. The Morgan fingerprint density at radius 2 is 1.75 bits per heavy atom. The van der Waals surface area contributed by atoms with E-state index in [0.29, 0.717) is 12.1 Å². The van der Waals surface area contributed by atoms with Gasteiger partial charge in [0, 0.05) is 24.9 Å². The van der Waals surface area contributed by atoms with Gasteiger partial charge in [0.1, 0.15) is 0 Å². The lowest BCUT2D eigenvalue weighted by Gasteiger charge is -2.28. The molecule has 0 unspecified atom stereocenters. The summed E-state index contributed by atoms with van der Waals surface area (Å²) in [6, 6.07) is 5.82. The van der Waals surface area contributed by atoms with Crippen LogP contribution in [0.25, 0.3) is 0 Å². The average molecular weight is 299 g/mol. The molecule has 112 valence electrons. The van der Waals surface area contributed by atoms with Gasteiger partial charge in [-0.05, 0) is 45.0 Å². The fraction of sp³-hybridized carbons (Fsp3) is 0.500. The van der Waals surface area contributed by atoms with E-state index in [9.17, 15) is 18.3 Å². The summed E-state index contributed by atoms with van der Waals surface area (Å²) >= 11 is 0. The molecule has 0 atom stereocenters. The lowest BCUT2D eigenvalue weighted by atomic mass is 10.1. The van der Waals surface area contributed by atoms with Crippen molar-refractivity contribution in [1.82, 2.24) is 4.90 Å². The van der Waals surface area contributed by atoms with Crippen LogP contribution in [-0.2, 0) is 9.84 Å². The zero-order valence-electron chi connectivity index (χ0n) is 12.3. The molecule has 0 radical (unpaired) electrons. The zero-order valence-corrected chi connectivity index (χ0v) is 13.1. The van der Waals surface area contributed by atoms with Crippen molar-refractivity contribution in [1.29, 1.82) is 0 Å². The molecular formula is C14H21NO4S. The topological polar surface area (TPSA) is 74.7 Å². The molecule has 0 aliphatic heterocycles. The summed E-state index contributed by atoms with van der Waals surface area (Å²) in [5, 5.41) is 9.79. The molecular weight excluding hydrogens is 278 g/mol. The molecule has 0 aromatic heterocycles. The molecule has 1 amide bonds. The van der Waals surface area contributed by atoms with Gasteiger partial charge >= 0.3 is 0 Å². The van der Waals surface area contributed by atoms with Crippen LogP contribution >= 0.6 is 0 Å². The van der Waals surface area contributed by atoms with Crippen molar-refractivity contribution in [3.63, 3.8) is 0 Å². The lowest BCUT2D eigenvalue weighted by Crippen LogP contribution is -2.42. The van der Waals surface area contributed by atoms with E-state index in [4.69, 9.17) is 0 Å². The first-order valence-electron chi connectivity index (χ1n) is 6.36. The van der Waals surface area contributed by atoms with Gasteiger partial charge < -0.3 is 10.0 Å². The van der Waals surface area contributed by atoms with Gasteiger partial charge in [0.05, 0.1) is 10.5 Å². The van der Waals surface area contributed by atoms with Crippen LogP contribution in [0.1, 0.15) is 31.1 Å². The molecule has 0 fully saturated rings. The maximum atomic E-state index is 12.3. The van der Waals surface area contributed by atoms with E-state index in [0.717, 1.165) is 6.26 Å². The number of carbonyl (C=O) groups excluding carboxylic acids is 1. The Balaban J connectivity index is 2.97. The number of nitrogens with zero attached hydrogens (tertiary/aromatic N) is 1. The second-order valence-electron chi connectivity index (χ2n) is 5.43. The van der Waals surface area contributed by atoms with Crippen molar-refractivity contribution < 1.29 is 18.3 Å². The Morgan fingerprint density at radius 1 is 1.25 bits per heavy atom. The molecule has 0 aliphatic carbocycles. The van der Waals surface area contributed by atoms with Crippen LogP contribution in [0.4, 0.5) is 0 Å². The fourth-order valence-electron chi connectivity index (χ4n) is 1.82. The van der Waals surface area contributed by atoms with Crippen LogP contribution in [-0.4, -0.2) is 49.3 Å². The van der Waals surface area contributed by atoms with E-state index in [1.54, 1.807) is 13.8 Å². The highest BCUT2D eigenvalue weighted by Gasteiger charge is 2.22. The van der Waals surface area contributed by atoms with Gasteiger partial charge in [-0.2, -0.15) is 0 Å². The molecule has 20 heavy (non-hydrogen) atoms. The van der Waals surface area contributed by atoms with Gasteiger partial charge in [-0.25, -0.2) is 8.42 Å². The van der Waals surface area contributed by atoms with Crippen molar-refractivity contribution in [2.75, 3.05) is 19.3 Å². The van der Waals surface area contributed by atoms with Gasteiger partial charge in [0.25, 0.3) is 5.91 Å².